The van der Waals surface area contributed by atoms with Crippen molar-refractivity contribution in [1.82, 2.24) is 0 Å². The lowest BCUT2D eigenvalue weighted by molar-refractivity contribution is 0.0168. The maximum atomic E-state index is 5.96. The summed E-state index contributed by atoms with van der Waals surface area (Å²) in [6, 6.07) is 10.3. The molecular formula is C21H29NO2. The van der Waals surface area contributed by atoms with Gasteiger partial charge in [0.1, 0.15) is 0 Å². The number of nitrogens with zero attached hydrogens (tertiary/aromatic N) is 1. The Bertz CT molecular complexity index is 604. The molecule has 0 N–H and O–H groups in total. The van der Waals surface area contributed by atoms with Crippen molar-refractivity contribution in [3.63, 3.8) is 0 Å². The summed E-state index contributed by atoms with van der Waals surface area (Å²) in [6.07, 6.45) is 4.82. The third-order valence-electron chi connectivity index (χ3n) is 4.98. The highest BCUT2D eigenvalue weighted by Crippen LogP contribution is 2.30. The number of benzene rings is 1. The van der Waals surface area contributed by atoms with Gasteiger partial charge in [0.25, 0.3) is 0 Å². The first-order chi connectivity index (χ1) is 11.5. The SMILES string of the molecule is CC1CCOC(C2=CC(C(C)(C)COCc3ccccc3)=NC2)C1. The number of aliphatic imine (C=N–C) groups is 1. The molecule has 1 aromatic rings. The van der Waals surface area contributed by atoms with Crippen LogP contribution in [0.25, 0.3) is 0 Å². The van der Waals surface area contributed by atoms with E-state index in [1.807, 2.05) is 18.2 Å². The molecule has 0 bridgehead atoms. The largest absolute Gasteiger partial charge is 0.376 e. The number of rotatable bonds is 6. The Morgan fingerprint density at radius 1 is 1.25 bits per heavy atom. The van der Waals surface area contributed by atoms with Gasteiger partial charge in [0.05, 0.1) is 25.9 Å². The van der Waals surface area contributed by atoms with Gasteiger partial charge in [-0.25, -0.2) is 0 Å². The summed E-state index contributed by atoms with van der Waals surface area (Å²) in [7, 11) is 0. The molecule has 3 rings (SSSR count). The number of hydrogen-bond acceptors (Lipinski definition) is 3. The molecule has 3 heteroatoms. The first-order valence-corrected chi connectivity index (χ1v) is 9.03. The Kier molecular flexibility index (Phi) is 5.52. The van der Waals surface area contributed by atoms with Gasteiger partial charge in [-0.05, 0) is 36.0 Å². The zero-order chi connectivity index (χ0) is 17.0. The van der Waals surface area contributed by atoms with Gasteiger partial charge in [0.15, 0.2) is 0 Å². The van der Waals surface area contributed by atoms with Crippen LogP contribution in [0.3, 0.4) is 0 Å². The molecule has 2 aliphatic rings. The predicted octanol–water partition coefficient (Wildman–Crippen LogP) is 4.43. The molecule has 0 spiro atoms. The fraction of sp³-hybridized carbons (Fsp3) is 0.571. The van der Waals surface area contributed by atoms with Gasteiger partial charge in [0, 0.05) is 17.7 Å². The molecule has 24 heavy (non-hydrogen) atoms. The van der Waals surface area contributed by atoms with E-state index in [-0.39, 0.29) is 11.5 Å². The molecule has 0 saturated carbocycles. The maximum Gasteiger partial charge on any atom is 0.0809 e. The molecular weight excluding hydrogens is 298 g/mol. The number of ether oxygens (including phenoxy) is 2. The highest BCUT2D eigenvalue weighted by molar-refractivity contribution is 6.01. The summed E-state index contributed by atoms with van der Waals surface area (Å²) >= 11 is 0. The minimum Gasteiger partial charge on any atom is -0.376 e. The fourth-order valence-electron chi connectivity index (χ4n) is 3.34. The molecule has 2 aliphatic heterocycles. The van der Waals surface area contributed by atoms with E-state index in [1.165, 1.54) is 17.6 Å². The van der Waals surface area contributed by atoms with Crippen LogP contribution >= 0.6 is 0 Å². The Balaban J connectivity index is 1.54. The molecule has 1 fully saturated rings. The second-order valence-corrected chi connectivity index (χ2v) is 7.77. The Morgan fingerprint density at radius 3 is 2.79 bits per heavy atom. The summed E-state index contributed by atoms with van der Waals surface area (Å²) in [6.45, 7) is 9.72. The molecule has 3 nitrogen and oxygen atoms in total. The Morgan fingerprint density at radius 2 is 2.04 bits per heavy atom. The molecule has 0 aliphatic carbocycles. The quantitative estimate of drug-likeness (QED) is 0.774. The molecule has 130 valence electrons. The highest BCUT2D eigenvalue weighted by atomic mass is 16.5. The van der Waals surface area contributed by atoms with Crippen LogP contribution < -0.4 is 0 Å². The third kappa shape index (κ3) is 4.34. The van der Waals surface area contributed by atoms with Crippen molar-refractivity contribution in [1.29, 1.82) is 0 Å². The smallest absolute Gasteiger partial charge is 0.0809 e. The number of hydrogen-bond donors (Lipinski definition) is 0. The van der Waals surface area contributed by atoms with E-state index in [9.17, 15) is 0 Å². The topological polar surface area (TPSA) is 30.8 Å². The van der Waals surface area contributed by atoms with Crippen LogP contribution in [0.2, 0.25) is 0 Å². The third-order valence-corrected chi connectivity index (χ3v) is 4.98. The van der Waals surface area contributed by atoms with E-state index in [1.54, 1.807) is 0 Å². The highest BCUT2D eigenvalue weighted by Gasteiger charge is 2.30. The van der Waals surface area contributed by atoms with E-state index >= 15 is 0 Å². The lowest BCUT2D eigenvalue weighted by Gasteiger charge is -2.28. The fourth-order valence-corrected chi connectivity index (χ4v) is 3.34. The summed E-state index contributed by atoms with van der Waals surface area (Å²) in [5.74, 6) is 0.746. The van der Waals surface area contributed by atoms with Gasteiger partial charge in [0.2, 0.25) is 0 Å². The van der Waals surface area contributed by atoms with E-state index in [2.05, 4.69) is 39.0 Å². The minimum atomic E-state index is -0.0726. The Hall–Kier alpha value is -1.45. The average Bonchev–Trinajstić information content (AvgIpc) is 3.07. The van der Waals surface area contributed by atoms with Crippen LogP contribution in [0.1, 0.15) is 39.2 Å². The van der Waals surface area contributed by atoms with Gasteiger partial charge in [-0.2, -0.15) is 0 Å². The first kappa shape index (κ1) is 17.4. The Labute approximate surface area is 145 Å². The standard InChI is InChI=1S/C21H29NO2/c1-16-9-10-24-19(11-16)18-12-20(22-13-18)21(2,3)15-23-14-17-7-5-4-6-8-17/h4-8,12,16,19H,9-11,13-15H2,1-3H3. The van der Waals surface area contributed by atoms with Crippen molar-refractivity contribution < 1.29 is 9.47 Å². The molecule has 0 radical (unpaired) electrons. The van der Waals surface area contributed by atoms with E-state index in [0.717, 1.165) is 31.2 Å². The normalized spacial score (nSPS) is 24.6. The second kappa shape index (κ2) is 7.62. The monoisotopic (exact) mass is 327 g/mol. The van der Waals surface area contributed by atoms with Crippen LogP contribution in [0.4, 0.5) is 0 Å². The van der Waals surface area contributed by atoms with Crippen LogP contribution in [0, 0.1) is 11.3 Å². The average molecular weight is 327 g/mol. The van der Waals surface area contributed by atoms with Gasteiger partial charge in [-0.3, -0.25) is 4.99 Å². The molecule has 0 amide bonds. The van der Waals surface area contributed by atoms with Crippen LogP contribution in [0.5, 0.6) is 0 Å². The zero-order valence-corrected chi connectivity index (χ0v) is 15.1. The summed E-state index contributed by atoms with van der Waals surface area (Å²) < 4.78 is 11.9. The number of allylic oxidation sites excluding steroid dienone is 1. The summed E-state index contributed by atoms with van der Waals surface area (Å²) in [4.78, 5) is 4.78. The van der Waals surface area contributed by atoms with E-state index in [4.69, 9.17) is 14.5 Å². The lowest BCUT2D eigenvalue weighted by atomic mass is 9.87. The van der Waals surface area contributed by atoms with E-state index in [0.29, 0.717) is 13.2 Å². The van der Waals surface area contributed by atoms with Crippen LogP contribution in [-0.4, -0.2) is 31.6 Å². The van der Waals surface area contributed by atoms with Crippen LogP contribution in [-0.2, 0) is 16.1 Å². The van der Waals surface area contributed by atoms with Crippen molar-refractivity contribution in [2.24, 2.45) is 16.3 Å². The van der Waals surface area contributed by atoms with Crippen LogP contribution in [0.15, 0.2) is 47.0 Å². The minimum absolute atomic E-state index is 0.0726. The first-order valence-electron chi connectivity index (χ1n) is 9.03. The van der Waals surface area contributed by atoms with Gasteiger partial charge < -0.3 is 9.47 Å². The predicted molar refractivity (Wildman–Crippen MR) is 98.4 cm³/mol. The summed E-state index contributed by atoms with van der Waals surface area (Å²) in [5.41, 5.74) is 3.62. The molecule has 2 atom stereocenters. The van der Waals surface area contributed by atoms with Crippen molar-refractivity contribution in [3.05, 3.63) is 47.5 Å². The maximum absolute atomic E-state index is 5.96. The second-order valence-electron chi connectivity index (χ2n) is 7.77. The summed E-state index contributed by atoms with van der Waals surface area (Å²) in [5, 5.41) is 0. The zero-order valence-electron chi connectivity index (χ0n) is 15.1. The molecule has 2 unspecified atom stereocenters. The van der Waals surface area contributed by atoms with Crippen molar-refractivity contribution in [3.8, 4) is 0 Å². The van der Waals surface area contributed by atoms with Gasteiger partial charge >= 0.3 is 0 Å². The molecule has 1 aromatic carbocycles. The van der Waals surface area contributed by atoms with Gasteiger partial charge in [-0.15, -0.1) is 0 Å². The lowest BCUT2D eigenvalue weighted by Crippen LogP contribution is -2.28. The van der Waals surface area contributed by atoms with E-state index < -0.39 is 0 Å². The van der Waals surface area contributed by atoms with Crippen molar-refractivity contribution in [2.75, 3.05) is 19.8 Å². The van der Waals surface area contributed by atoms with Crippen molar-refractivity contribution >= 4 is 5.71 Å². The van der Waals surface area contributed by atoms with Crippen molar-refractivity contribution in [2.45, 2.75) is 46.3 Å². The molecule has 1 saturated heterocycles. The van der Waals surface area contributed by atoms with Gasteiger partial charge in [-0.1, -0.05) is 51.1 Å². The molecule has 2 heterocycles. The molecule has 0 aromatic heterocycles.